The predicted molar refractivity (Wildman–Crippen MR) is 161 cm³/mol. The molecule has 0 aromatic carbocycles. The molecule has 4 aliphatic heterocycles. The van der Waals surface area contributed by atoms with Crippen LogP contribution in [0.15, 0.2) is 61.7 Å². The largest absolute Gasteiger partial charge is 0.393 e. The van der Waals surface area contributed by atoms with Gasteiger partial charge in [-0.3, -0.25) is 9.97 Å². The topological polar surface area (TPSA) is 100 Å². The number of fused-ring (bicyclic) bond motifs is 6. The van der Waals surface area contributed by atoms with Gasteiger partial charge in [-0.1, -0.05) is 7.43 Å². The summed E-state index contributed by atoms with van der Waals surface area (Å²) in [6.45, 7) is 2.59. The van der Waals surface area contributed by atoms with Gasteiger partial charge in [0.05, 0.1) is 66.0 Å². The summed E-state index contributed by atoms with van der Waals surface area (Å²) in [5.41, 5.74) is 5.46. The molecule has 43 heavy (non-hydrogen) atoms. The quantitative estimate of drug-likeness (QED) is 0.304. The molecule has 0 bridgehead atoms. The van der Waals surface area contributed by atoms with Crippen LogP contribution in [0.1, 0.15) is 75.8 Å². The van der Waals surface area contributed by atoms with E-state index in [0.29, 0.717) is 44.8 Å². The molecular formula is C33H41FN6O3. The van der Waals surface area contributed by atoms with Crippen molar-refractivity contribution in [2.24, 2.45) is 5.92 Å². The molecule has 3 unspecified atom stereocenters. The van der Waals surface area contributed by atoms with Crippen molar-refractivity contribution in [3.05, 3.63) is 73.1 Å². The lowest BCUT2D eigenvalue weighted by Gasteiger charge is -2.30. The van der Waals surface area contributed by atoms with Gasteiger partial charge in [-0.15, -0.1) is 0 Å². The number of aliphatic hydroxyl groups excluding tert-OH is 1. The van der Waals surface area contributed by atoms with Gasteiger partial charge in [-0.05, 0) is 55.9 Å². The van der Waals surface area contributed by atoms with E-state index in [1.807, 2.05) is 49.6 Å². The molecule has 3 atom stereocenters. The number of rotatable bonds is 6. The number of hydrogen-bond donors (Lipinski definition) is 1. The smallest absolute Gasteiger partial charge is 0.115 e. The third-order valence-corrected chi connectivity index (χ3v) is 9.39. The minimum atomic E-state index is -1.09. The Balaban J connectivity index is 0.000000150. The Bertz CT molecular complexity index is 1510. The normalized spacial score (nSPS) is 22.3. The van der Waals surface area contributed by atoms with Gasteiger partial charge in [0.25, 0.3) is 0 Å². The van der Waals surface area contributed by atoms with Crippen LogP contribution < -0.4 is 0 Å². The zero-order valence-electron chi connectivity index (χ0n) is 23.7. The van der Waals surface area contributed by atoms with Gasteiger partial charge in [0, 0.05) is 69.2 Å². The Kier molecular flexibility index (Phi) is 8.70. The van der Waals surface area contributed by atoms with Crippen molar-refractivity contribution in [1.82, 2.24) is 29.1 Å². The summed E-state index contributed by atoms with van der Waals surface area (Å²) >= 11 is 0. The number of halogens is 1. The van der Waals surface area contributed by atoms with Crippen LogP contribution in [-0.2, 0) is 9.47 Å². The van der Waals surface area contributed by atoms with Gasteiger partial charge in [-0.25, -0.2) is 14.4 Å². The monoisotopic (exact) mass is 588 g/mol. The lowest BCUT2D eigenvalue weighted by Crippen LogP contribution is -2.32. The number of nitrogens with zero attached hydrogens (tertiary/aromatic N) is 6. The Hall–Kier alpha value is -3.47. The van der Waals surface area contributed by atoms with E-state index in [4.69, 9.17) is 9.47 Å². The highest BCUT2D eigenvalue weighted by Gasteiger charge is 2.36. The van der Waals surface area contributed by atoms with E-state index in [2.05, 4.69) is 41.2 Å². The molecule has 8 rings (SSSR count). The van der Waals surface area contributed by atoms with Crippen molar-refractivity contribution in [3.8, 4) is 22.5 Å². The minimum Gasteiger partial charge on any atom is -0.393 e. The van der Waals surface area contributed by atoms with Gasteiger partial charge in [0.2, 0.25) is 0 Å². The molecule has 4 aliphatic rings. The van der Waals surface area contributed by atoms with Crippen LogP contribution in [0, 0.1) is 5.92 Å². The summed E-state index contributed by atoms with van der Waals surface area (Å²) in [6, 6.07) is 8.23. The van der Waals surface area contributed by atoms with E-state index in [1.54, 1.807) is 0 Å². The summed E-state index contributed by atoms with van der Waals surface area (Å²) in [7, 11) is 0. The maximum atomic E-state index is 14.8. The molecule has 8 heterocycles. The molecular weight excluding hydrogens is 547 g/mol. The zero-order valence-corrected chi connectivity index (χ0v) is 23.7. The fourth-order valence-electron chi connectivity index (χ4n) is 6.99. The van der Waals surface area contributed by atoms with Crippen LogP contribution in [0.5, 0.6) is 0 Å². The molecule has 2 saturated heterocycles. The van der Waals surface area contributed by atoms with Gasteiger partial charge in [-0.2, -0.15) is 0 Å². The number of hydrogen-bond acceptors (Lipinski definition) is 7. The van der Waals surface area contributed by atoms with Gasteiger partial charge in [0.15, 0.2) is 0 Å². The molecule has 4 aromatic rings. The van der Waals surface area contributed by atoms with E-state index in [9.17, 15) is 9.50 Å². The van der Waals surface area contributed by atoms with E-state index < -0.39 is 5.67 Å². The average molecular weight is 589 g/mol. The van der Waals surface area contributed by atoms with Crippen LogP contribution in [0.4, 0.5) is 4.39 Å². The molecule has 2 fully saturated rings. The predicted octanol–water partition coefficient (Wildman–Crippen LogP) is 5.81. The van der Waals surface area contributed by atoms with E-state index in [1.165, 1.54) is 0 Å². The molecule has 0 spiro atoms. The second kappa shape index (κ2) is 12.6. The Morgan fingerprint density at radius 1 is 0.860 bits per heavy atom. The van der Waals surface area contributed by atoms with Crippen LogP contribution in [0.2, 0.25) is 0 Å². The first-order valence-corrected chi connectivity index (χ1v) is 15.1. The maximum Gasteiger partial charge on any atom is 0.115 e. The summed E-state index contributed by atoms with van der Waals surface area (Å²) in [4.78, 5) is 17.5. The fourth-order valence-corrected chi connectivity index (χ4v) is 6.99. The first-order valence-electron chi connectivity index (χ1n) is 15.1. The van der Waals surface area contributed by atoms with E-state index >= 15 is 0 Å². The number of alkyl halides is 1. The van der Waals surface area contributed by atoms with Crippen molar-refractivity contribution in [2.75, 3.05) is 26.4 Å². The van der Waals surface area contributed by atoms with E-state index in [-0.39, 0.29) is 25.6 Å². The van der Waals surface area contributed by atoms with Crippen LogP contribution in [-0.4, -0.2) is 72.4 Å². The maximum absolute atomic E-state index is 14.8. The van der Waals surface area contributed by atoms with Crippen LogP contribution in [0.25, 0.3) is 22.5 Å². The number of aromatic nitrogens is 6. The molecule has 1 N–H and O–H groups in total. The number of aliphatic hydroxyl groups is 1. The highest BCUT2D eigenvalue weighted by molar-refractivity contribution is 5.67. The number of ether oxygens (including phenoxy) is 2. The SMILES string of the molecule is C.FC1(CCC2c3ncccc3-c3cncn32)CCOCC1.OC(CC1c2ncccc2-c2cncn21)C1CCOCC1. The van der Waals surface area contributed by atoms with Crippen LogP contribution in [0.3, 0.4) is 0 Å². The van der Waals surface area contributed by atoms with Gasteiger partial charge in [0.1, 0.15) is 5.67 Å². The Morgan fingerprint density at radius 2 is 1.42 bits per heavy atom. The lowest BCUT2D eigenvalue weighted by molar-refractivity contribution is -0.0152. The van der Waals surface area contributed by atoms with Crippen molar-refractivity contribution >= 4 is 0 Å². The molecule has 0 saturated carbocycles. The summed E-state index contributed by atoms with van der Waals surface area (Å²) in [5.74, 6) is 0.332. The molecule has 0 radical (unpaired) electrons. The first kappa shape index (κ1) is 29.6. The summed E-state index contributed by atoms with van der Waals surface area (Å²) in [5, 5.41) is 10.6. The fraction of sp³-hybridized carbons (Fsp3) is 0.515. The minimum absolute atomic E-state index is 0. The van der Waals surface area contributed by atoms with Crippen molar-refractivity contribution in [1.29, 1.82) is 0 Å². The molecule has 228 valence electrons. The average Bonchev–Trinajstić information content (AvgIpc) is 3.81. The summed E-state index contributed by atoms with van der Waals surface area (Å²) in [6.07, 6.45) is 15.6. The second-order valence-electron chi connectivity index (χ2n) is 11.8. The Morgan fingerprint density at radius 3 is 2.05 bits per heavy atom. The molecule has 9 nitrogen and oxygen atoms in total. The lowest BCUT2D eigenvalue weighted by atomic mass is 9.89. The van der Waals surface area contributed by atoms with Crippen molar-refractivity contribution < 1.29 is 19.0 Å². The first-order chi connectivity index (χ1) is 20.6. The van der Waals surface area contributed by atoms with Gasteiger partial charge >= 0.3 is 0 Å². The zero-order chi connectivity index (χ0) is 28.5. The molecule has 0 amide bonds. The van der Waals surface area contributed by atoms with Gasteiger partial charge < -0.3 is 23.7 Å². The highest BCUT2D eigenvalue weighted by atomic mass is 19.1. The third-order valence-electron chi connectivity index (χ3n) is 9.39. The second-order valence-corrected chi connectivity index (χ2v) is 11.8. The number of imidazole rings is 2. The standard InChI is InChI=1S/C16H18FN3O.C16H19N3O2.CH4/c17-16(5-8-21-9-6-16)4-3-13-15-12(2-1-7-19-15)14-10-18-11-20(13)14;20-15(11-3-6-21-7-4-11)8-13-16-12(2-1-5-18-16)14-9-17-10-19(13)14;/h1-2,7,10-11,13H,3-6,8-9H2;1-2,5,9-11,13,15,20H,3-4,6-8H2;1H4. The molecule has 4 aromatic heterocycles. The van der Waals surface area contributed by atoms with Crippen molar-refractivity contribution in [2.45, 2.75) is 76.2 Å². The molecule has 0 aliphatic carbocycles. The summed E-state index contributed by atoms with van der Waals surface area (Å²) < 4.78 is 29.7. The van der Waals surface area contributed by atoms with Crippen LogP contribution >= 0.6 is 0 Å². The number of pyridine rings is 2. The Labute approximate surface area is 252 Å². The highest BCUT2D eigenvalue weighted by Crippen LogP contribution is 2.43. The third kappa shape index (κ3) is 5.75. The molecule has 10 heteroatoms. The van der Waals surface area contributed by atoms with E-state index in [0.717, 1.165) is 66.4 Å². The van der Waals surface area contributed by atoms with Crippen molar-refractivity contribution in [3.63, 3.8) is 0 Å².